The van der Waals surface area contributed by atoms with Crippen molar-refractivity contribution in [3.63, 3.8) is 0 Å². The fourth-order valence-electron chi connectivity index (χ4n) is 1.31. The van der Waals surface area contributed by atoms with Crippen LogP contribution in [0.25, 0.3) is 0 Å². The van der Waals surface area contributed by atoms with Crippen LogP contribution >= 0.6 is 11.8 Å². The van der Waals surface area contributed by atoms with Crippen LogP contribution in [0.15, 0.2) is 23.1 Å². The van der Waals surface area contributed by atoms with Gasteiger partial charge in [-0.2, -0.15) is 0 Å². The van der Waals surface area contributed by atoms with Crippen LogP contribution in [0.3, 0.4) is 0 Å². The highest BCUT2D eigenvalue weighted by Gasteiger charge is 2.32. The van der Waals surface area contributed by atoms with Crippen LogP contribution in [0.1, 0.15) is 24.2 Å². The number of nitro benzene ring substituents is 1. The van der Waals surface area contributed by atoms with Crippen molar-refractivity contribution >= 4 is 29.4 Å². The molecule has 0 aromatic heterocycles. The molecule has 0 radical (unpaired) electrons. The summed E-state index contributed by atoms with van der Waals surface area (Å²) in [5.74, 6) is -1.78. The minimum atomic E-state index is -1.22. The molecule has 0 aliphatic carbocycles. The quantitative estimate of drug-likeness (QED) is 0.385. The van der Waals surface area contributed by atoms with Crippen molar-refractivity contribution in [2.45, 2.75) is 23.5 Å². The minimum absolute atomic E-state index is 0.0386. The number of esters is 1. The summed E-state index contributed by atoms with van der Waals surface area (Å²) >= 11 is 0.844. The van der Waals surface area contributed by atoms with Gasteiger partial charge in [0.2, 0.25) is 0 Å². The molecule has 8 heteroatoms. The lowest BCUT2D eigenvalue weighted by molar-refractivity contribution is -0.387. The number of nitrogens with zero attached hydrogens (tertiary/aromatic N) is 1. The molecule has 1 N–H and O–H groups in total. The molecule has 20 heavy (non-hydrogen) atoms. The number of rotatable bonds is 5. The van der Waals surface area contributed by atoms with Crippen molar-refractivity contribution in [2.24, 2.45) is 0 Å². The molecule has 0 bridgehead atoms. The average Bonchev–Trinajstić information content (AvgIpc) is 2.37. The molecule has 0 amide bonds. The number of thioether (sulfide) groups is 1. The Bertz CT molecular complexity index is 569. The van der Waals surface area contributed by atoms with Gasteiger partial charge in [-0.3, -0.25) is 14.9 Å². The summed E-state index contributed by atoms with van der Waals surface area (Å²) in [6.45, 7) is 2.88. The van der Waals surface area contributed by atoms with Gasteiger partial charge in [0.15, 0.2) is 0 Å². The van der Waals surface area contributed by atoms with Gasteiger partial charge >= 0.3 is 11.9 Å². The lowest BCUT2D eigenvalue weighted by Gasteiger charge is -2.18. The number of carbonyl (C=O) groups excluding carboxylic acids is 1. The molecule has 1 aromatic rings. The number of aliphatic carboxylic acids is 1. The zero-order valence-corrected chi connectivity index (χ0v) is 11.9. The second kappa shape index (κ2) is 5.91. The van der Waals surface area contributed by atoms with Gasteiger partial charge in [-0.25, -0.2) is 4.79 Å². The largest absolute Gasteiger partial charge is 0.480 e. The van der Waals surface area contributed by atoms with Gasteiger partial charge in [-0.15, -0.1) is 11.8 Å². The number of methoxy groups -OCH3 is 1. The second-order valence-corrected chi connectivity index (χ2v) is 6.01. The molecular formula is C12H13NO6S. The van der Waals surface area contributed by atoms with Gasteiger partial charge in [0.25, 0.3) is 5.69 Å². The minimum Gasteiger partial charge on any atom is -0.480 e. The number of nitro groups is 1. The predicted octanol–water partition coefficient (Wildman–Crippen LogP) is 2.34. The first-order valence-corrected chi connectivity index (χ1v) is 6.30. The van der Waals surface area contributed by atoms with E-state index in [1.807, 2.05) is 0 Å². The summed E-state index contributed by atoms with van der Waals surface area (Å²) in [6.07, 6.45) is 0. The molecule has 0 saturated heterocycles. The van der Waals surface area contributed by atoms with E-state index in [-0.39, 0.29) is 16.1 Å². The van der Waals surface area contributed by atoms with Gasteiger partial charge in [0, 0.05) is 6.07 Å². The van der Waals surface area contributed by atoms with Crippen molar-refractivity contribution in [1.82, 2.24) is 0 Å². The molecule has 0 atom stereocenters. The lowest BCUT2D eigenvalue weighted by atomic mass is 10.2. The first-order chi connectivity index (χ1) is 9.19. The zero-order valence-electron chi connectivity index (χ0n) is 11.1. The Balaban J connectivity index is 3.24. The number of benzene rings is 1. The van der Waals surface area contributed by atoms with Crippen LogP contribution in [-0.2, 0) is 9.53 Å². The maximum atomic E-state index is 11.3. The average molecular weight is 299 g/mol. The summed E-state index contributed by atoms with van der Waals surface area (Å²) in [6, 6.07) is 3.78. The maximum Gasteiger partial charge on any atom is 0.338 e. The van der Waals surface area contributed by atoms with E-state index in [0.717, 1.165) is 17.8 Å². The van der Waals surface area contributed by atoms with Crippen LogP contribution < -0.4 is 0 Å². The molecule has 0 aliphatic heterocycles. The molecule has 0 heterocycles. The van der Waals surface area contributed by atoms with E-state index in [2.05, 4.69) is 4.74 Å². The highest BCUT2D eigenvalue weighted by atomic mass is 32.2. The predicted molar refractivity (Wildman–Crippen MR) is 72.0 cm³/mol. The first-order valence-electron chi connectivity index (χ1n) is 5.48. The number of carbonyl (C=O) groups is 2. The van der Waals surface area contributed by atoms with Gasteiger partial charge in [0.05, 0.1) is 22.5 Å². The zero-order chi connectivity index (χ0) is 15.5. The number of hydrogen-bond acceptors (Lipinski definition) is 6. The van der Waals surface area contributed by atoms with Crippen molar-refractivity contribution in [3.05, 3.63) is 33.9 Å². The van der Waals surface area contributed by atoms with E-state index >= 15 is 0 Å². The molecule has 1 aromatic carbocycles. The summed E-state index contributed by atoms with van der Waals surface area (Å²) in [4.78, 5) is 33.0. The van der Waals surface area contributed by atoms with Crippen molar-refractivity contribution in [2.75, 3.05) is 7.11 Å². The Morgan fingerprint density at radius 2 is 2.00 bits per heavy atom. The van der Waals surface area contributed by atoms with E-state index in [4.69, 9.17) is 5.11 Å². The highest BCUT2D eigenvalue weighted by molar-refractivity contribution is 8.01. The maximum absolute atomic E-state index is 11.3. The number of carboxylic acids is 1. The normalized spacial score (nSPS) is 10.9. The van der Waals surface area contributed by atoms with Crippen LogP contribution in [0.5, 0.6) is 0 Å². The summed E-state index contributed by atoms with van der Waals surface area (Å²) < 4.78 is 3.26. The van der Waals surface area contributed by atoms with Crippen LogP contribution in [-0.4, -0.2) is 33.8 Å². The molecule has 0 aliphatic rings. The molecule has 7 nitrogen and oxygen atoms in total. The molecule has 0 unspecified atom stereocenters. The molecule has 108 valence electrons. The van der Waals surface area contributed by atoms with E-state index in [1.165, 1.54) is 33.1 Å². The molecule has 0 spiro atoms. The Kier molecular flexibility index (Phi) is 4.72. The van der Waals surface area contributed by atoms with Crippen molar-refractivity contribution in [3.8, 4) is 0 Å². The molecule has 0 saturated carbocycles. The van der Waals surface area contributed by atoms with Crippen molar-refractivity contribution < 1.29 is 24.4 Å². The number of hydrogen-bond donors (Lipinski definition) is 1. The first kappa shape index (κ1) is 16.0. The summed E-state index contributed by atoms with van der Waals surface area (Å²) in [7, 11) is 1.17. The third-order valence-corrected chi connectivity index (χ3v) is 3.71. The third-order valence-electron chi connectivity index (χ3n) is 2.46. The van der Waals surface area contributed by atoms with E-state index in [9.17, 15) is 19.7 Å². The van der Waals surface area contributed by atoms with Gasteiger partial charge in [0.1, 0.15) is 4.75 Å². The highest BCUT2D eigenvalue weighted by Crippen LogP contribution is 2.38. The summed E-state index contributed by atoms with van der Waals surface area (Å²) in [5, 5.41) is 20.1. The standard InChI is InChI=1S/C12H13NO6S/c1-12(2,11(15)16)20-9-5-4-7(10(14)19-3)6-8(9)13(17)18/h4-6H,1-3H3,(H,15,16). The Hall–Kier alpha value is -2.09. The van der Waals surface area contributed by atoms with Crippen LogP contribution in [0, 0.1) is 10.1 Å². The fraction of sp³-hybridized carbons (Fsp3) is 0.333. The molecule has 0 fully saturated rings. The lowest BCUT2D eigenvalue weighted by Crippen LogP contribution is -2.27. The Labute approximate surface area is 119 Å². The van der Waals surface area contributed by atoms with Gasteiger partial charge in [-0.1, -0.05) is 0 Å². The molecular weight excluding hydrogens is 286 g/mol. The SMILES string of the molecule is COC(=O)c1ccc(SC(C)(C)C(=O)O)c([N+](=O)[O-])c1. The Morgan fingerprint density at radius 3 is 2.45 bits per heavy atom. The number of ether oxygens (including phenoxy) is 1. The third kappa shape index (κ3) is 3.47. The summed E-state index contributed by atoms with van der Waals surface area (Å²) in [5.41, 5.74) is -0.288. The second-order valence-electron chi connectivity index (χ2n) is 4.35. The van der Waals surface area contributed by atoms with Crippen LogP contribution in [0.2, 0.25) is 0 Å². The van der Waals surface area contributed by atoms with E-state index in [1.54, 1.807) is 0 Å². The van der Waals surface area contributed by atoms with E-state index < -0.39 is 21.6 Å². The van der Waals surface area contributed by atoms with E-state index in [0.29, 0.717) is 0 Å². The number of carboxylic acid groups (broad SMARTS) is 1. The van der Waals surface area contributed by atoms with Crippen molar-refractivity contribution in [1.29, 1.82) is 0 Å². The monoisotopic (exact) mass is 299 g/mol. The van der Waals surface area contributed by atoms with Gasteiger partial charge in [-0.05, 0) is 26.0 Å². The Morgan fingerprint density at radius 1 is 1.40 bits per heavy atom. The smallest absolute Gasteiger partial charge is 0.338 e. The molecule has 1 rings (SSSR count). The fourth-order valence-corrected chi connectivity index (χ4v) is 2.32. The van der Waals surface area contributed by atoms with Crippen LogP contribution in [0.4, 0.5) is 5.69 Å². The van der Waals surface area contributed by atoms with Gasteiger partial charge < -0.3 is 9.84 Å². The topological polar surface area (TPSA) is 107 Å².